The third kappa shape index (κ3) is 3.19. The molecule has 0 fully saturated rings. The van der Waals surface area contributed by atoms with Crippen LogP contribution in [0.1, 0.15) is 36.8 Å². The van der Waals surface area contributed by atoms with E-state index in [0.29, 0.717) is 29.4 Å². The van der Waals surface area contributed by atoms with Crippen LogP contribution < -0.4 is 10.2 Å². The maximum Gasteiger partial charge on any atom is 0.274 e. The predicted octanol–water partition coefficient (Wildman–Crippen LogP) is 4.40. The largest absolute Gasteiger partial charge is 0.337 e. The molecule has 2 aromatic carbocycles. The maximum atomic E-state index is 12.9. The molecule has 0 radical (unpaired) electrons. The summed E-state index contributed by atoms with van der Waals surface area (Å²) in [5.74, 6) is 0.419. The fraction of sp³-hybridized carbons (Fsp3) is 0.192. The number of anilines is 2. The number of aromatic amines is 2. The first-order valence-corrected chi connectivity index (χ1v) is 11.4. The van der Waals surface area contributed by atoms with Crippen molar-refractivity contribution in [2.24, 2.45) is 0 Å². The Balaban J connectivity index is 1.40. The Kier molecular flexibility index (Phi) is 4.50. The second kappa shape index (κ2) is 7.49. The summed E-state index contributed by atoms with van der Waals surface area (Å²) < 4.78 is 0. The third-order valence-electron chi connectivity index (χ3n) is 6.60. The Bertz CT molecular complexity index is 1630. The van der Waals surface area contributed by atoms with E-state index in [2.05, 4.69) is 25.5 Å². The highest BCUT2D eigenvalue weighted by Crippen LogP contribution is 2.43. The highest BCUT2D eigenvalue weighted by Gasteiger charge is 2.43. The van der Waals surface area contributed by atoms with Gasteiger partial charge in [-0.15, -0.1) is 0 Å². The zero-order chi connectivity index (χ0) is 24.3. The minimum atomic E-state index is -0.593. The average Bonchev–Trinajstić information content (AvgIpc) is 3.51. The maximum absolute atomic E-state index is 12.9. The van der Waals surface area contributed by atoms with Crippen LogP contribution in [0.5, 0.6) is 0 Å². The van der Waals surface area contributed by atoms with E-state index in [1.807, 2.05) is 56.0 Å². The normalized spacial score (nSPS) is 14.6. The summed E-state index contributed by atoms with van der Waals surface area (Å²) in [6.07, 6.45) is 1.58. The zero-order valence-electron chi connectivity index (χ0n) is 19.5. The molecule has 0 saturated carbocycles. The van der Waals surface area contributed by atoms with Crippen molar-refractivity contribution in [1.82, 2.24) is 25.1 Å². The molecule has 2 amide bonds. The number of carbonyl (C=O) groups excluding carboxylic acids is 2. The Morgan fingerprint density at radius 3 is 2.74 bits per heavy atom. The third-order valence-corrected chi connectivity index (χ3v) is 6.60. The fourth-order valence-electron chi connectivity index (χ4n) is 4.72. The summed E-state index contributed by atoms with van der Waals surface area (Å²) >= 11 is 0. The molecule has 0 aliphatic carbocycles. The number of benzene rings is 2. The number of imidazole rings is 1. The van der Waals surface area contributed by atoms with Crippen molar-refractivity contribution in [2.75, 3.05) is 16.8 Å². The number of nitrogens with zero attached hydrogens (tertiary/aromatic N) is 4. The molecule has 4 heterocycles. The summed E-state index contributed by atoms with van der Waals surface area (Å²) in [4.78, 5) is 39.5. The molecule has 0 spiro atoms. The van der Waals surface area contributed by atoms with Crippen molar-refractivity contribution in [2.45, 2.75) is 26.2 Å². The highest BCUT2D eigenvalue weighted by atomic mass is 16.2. The van der Waals surface area contributed by atoms with Crippen LogP contribution in [-0.2, 0) is 10.2 Å². The molecule has 3 aromatic heterocycles. The quantitative estimate of drug-likeness (QED) is 0.363. The lowest BCUT2D eigenvalue weighted by Gasteiger charge is -2.18. The van der Waals surface area contributed by atoms with Crippen molar-refractivity contribution < 1.29 is 9.59 Å². The number of H-pyrrole nitrogens is 2. The van der Waals surface area contributed by atoms with E-state index < -0.39 is 5.41 Å². The number of carbonyl (C=O) groups is 2. The Morgan fingerprint density at radius 1 is 1.11 bits per heavy atom. The molecular formula is C26H23N7O2. The molecule has 1 aliphatic rings. The molecule has 35 heavy (non-hydrogen) atoms. The topological polar surface area (TPSA) is 120 Å². The van der Waals surface area contributed by atoms with Crippen molar-refractivity contribution in [3.8, 4) is 11.5 Å². The van der Waals surface area contributed by atoms with Crippen LogP contribution in [0, 0.1) is 0 Å². The summed E-state index contributed by atoms with van der Waals surface area (Å²) in [6.45, 7) is 6.49. The van der Waals surface area contributed by atoms with Crippen LogP contribution in [0.4, 0.5) is 11.4 Å². The number of hydrogen-bond acceptors (Lipinski definition) is 5. The van der Waals surface area contributed by atoms with Crippen molar-refractivity contribution in [3.05, 3.63) is 66.0 Å². The van der Waals surface area contributed by atoms with Gasteiger partial charge in [0.1, 0.15) is 11.4 Å². The second-order valence-electron chi connectivity index (χ2n) is 9.15. The molecule has 1 aliphatic heterocycles. The second-order valence-corrected chi connectivity index (χ2v) is 9.15. The lowest BCUT2D eigenvalue weighted by molar-refractivity contribution is -0.122. The van der Waals surface area contributed by atoms with Gasteiger partial charge >= 0.3 is 0 Å². The summed E-state index contributed by atoms with van der Waals surface area (Å²) in [6, 6.07) is 14.7. The Hall–Kier alpha value is -4.53. The standard InChI is InChI=1S/C26H23N7O2/c1-4-33-21-13-20-19(12-16(21)26(2,3)25(33)35)29-23(30-20)22-15-11-14(8-9-17(15)31-32-22)28-24(34)18-7-5-6-10-27-18/h5-13H,4H2,1-3H3,(H,28,34)(H,29,30)(H,31,32). The number of likely N-dealkylation sites (N-methyl/N-ethyl adjacent to an activating group) is 1. The minimum Gasteiger partial charge on any atom is -0.337 e. The van der Waals surface area contributed by atoms with Gasteiger partial charge in [0.15, 0.2) is 5.82 Å². The lowest BCUT2D eigenvalue weighted by Crippen LogP contribution is -2.35. The van der Waals surface area contributed by atoms with E-state index in [1.165, 1.54) is 0 Å². The fourth-order valence-corrected chi connectivity index (χ4v) is 4.72. The number of nitrogens with one attached hydrogen (secondary N) is 3. The summed E-state index contributed by atoms with van der Waals surface area (Å²) in [7, 11) is 0. The van der Waals surface area contributed by atoms with Gasteiger partial charge < -0.3 is 15.2 Å². The molecule has 6 rings (SSSR count). The average molecular weight is 466 g/mol. The zero-order valence-corrected chi connectivity index (χ0v) is 19.5. The molecular weight excluding hydrogens is 442 g/mol. The predicted molar refractivity (Wildman–Crippen MR) is 134 cm³/mol. The number of fused-ring (bicyclic) bond motifs is 3. The van der Waals surface area contributed by atoms with E-state index in [1.54, 1.807) is 24.4 Å². The molecule has 0 saturated heterocycles. The number of rotatable bonds is 4. The van der Waals surface area contributed by atoms with Crippen molar-refractivity contribution >= 4 is 45.1 Å². The van der Waals surface area contributed by atoms with Gasteiger partial charge in [-0.1, -0.05) is 6.07 Å². The van der Waals surface area contributed by atoms with E-state index in [9.17, 15) is 9.59 Å². The SMILES string of the molecule is CCN1C(=O)C(C)(C)c2cc3[nH]c(-c4n[nH]c5ccc(NC(=O)c6ccccn6)cc45)nc3cc21. The summed E-state index contributed by atoms with van der Waals surface area (Å²) in [5.41, 5.74) is 5.34. The van der Waals surface area contributed by atoms with Gasteiger partial charge in [-0.05, 0) is 68.8 Å². The van der Waals surface area contributed by atoms with Crippen molar-refractivity contribution in [3.63, 3.8) is 0 Å². The van der Waals surface area contributed by atoms with Crippen LogP contribution >= 0.6 is 0 Å². The monoisotopic (exact) mass is 465 g/mol. The van der Waals surface area contributed by atoms with Crippen LogP contribution in [0.2, 0.25) is 0 Å². The van der Waals surface area contributed by atoms with Crippen LogP contribution in [-0.4, -0.2) is 43.5 Å². The highest BCUT2D eigenvalue weighted by molar-refractivity contribution is 6.10. The smallest absolute Gasteiger partial charge is 0.274 e. The molecule has 0 bridgehead atoms. The lowest BCUT2D eigenvalue weighted by atomic mass is 9.86. The Morgan fingerprint density at radius 2 is 1.97 bits per heavy atom. The van der Waals surface area contributed by atoms with Crippen LogP contribution in [0.25, 0.3) is 33.5 Å². The van der Waals surface area contributed by atoms with Gasteiger partial charge in [0.2, 0.25) is 5.91 Å². The Labute approximate surface area is 200 Å². The van der Waals surface area contributed by atoms with Crippen LogP contribution in [0.15, 0.2) is 54.7 Å². The number of pyridine rings is 1. The van der Waals surface area contributed by atoms with Gasteiger partial charge in [-0.25, -0.2) is 4.98 Å². The van der Waals surface area contributed by atoms with Gasteiger partial charge in [0, 0.05) is 23.8 Å². The molecule has 0 atom stereocenters. The molecule has 9 heteroatoms. The summed E-state index contributed by atoms with van der Waals surface area (Å²) in [5, 5.41) is 11.2. The van der Waals surface area contributed by atoms with E-state index in [0.717, 1.165) is 33.2 Å². The molecule has 5 aromatic rings. The molecule has 0 unspecified atom stereocenters. The molecule has 174 valence electrons. The van der Waals surface area contributed by atoms with Gasteiger partial charge in [-0.2, -0.15) is 5.10 Å². The molecule has 9 nitrogen and oxygen atoms in total. The first-order chi connectivity index (χ1) is 16.9. The van der Waals surface area contributed by atoms with Gasteiger partial charge in [-0.3, -0.25) is 19.7 Å². The number of aromatic nitrogens is 5. The number of hydrogen-bond donors (Lipinski definition) is 3. The van der Waals surface area contributed by atoms with Crippen molar-refractivity contribution in [1.29, 1.82) is 0 Å². The van der Waals surface area contributed by atoms with Gasteiger partial charge in [0.05, 0.1) is 27.7 Å². The number of amides is 2. The van der Waals surface area contributed by atoms with E-state index in [4.69, 9.17) is 4.98 Å². The molecule has 3 N–H and O–H groups in total. The first-order valence-electron chi connectivity index (χ1n) is 11.4. The first kappa shape index (κ1) is 21.0. The minimum absolute atomic E-state index is 0.0986. The van der Waals surface area contributed by atoms with E-state index in [-0.39, 0.29) is 11.8 Å². The van der Waals surface area contributed by atoms with Gasteiger partial charge in [0.25, 0.3) is 5.91 Å². The van der Waals surface area contributed by atoms with E-state index >= 15 is 0 Å². The van der Waals surface area contributed by atoms with Crippen LogP contribution in [0.3, 0.4) is 0 Å².